The maximum atomic E-state index is 2.51. The van der Waals surface area contributed by atoms with Crippen LogP contribution in [0.2, 0.25) is 0 Å². The number of allylic oxidation sites excluding steroid dienone is 4. The summed E-state index contributed by atoms with van der Waals surface area (Å²) in [6.07, 6.45) is 7.86. The zero-order valence-electron chi connectivity index (χ0n) is 10.1. The van der Waals surface area contributed by atoms with E-state index in [0.29, 0.717) is 14.5 Å². The van der Waals surface area contributed by atoms with Gasteiger partial charge in [0.2, 0.25) is 0 Å². The van der Waals surface area contributed by atoms with Crippen molar-refractivity contribution in [3.63, 3.8) is 0 Å². The van der Waals surface area contributed by atoms with Gasteiger partial charge >= 0.3 is 123 Å². The molecule has 4 rings (SSSR count). The Morgan fingerprint density at radius 1 is 1.11 bits per heavy atom. The van der Waals surface area contributed by atoms with Crippen LogP contribution in [0.5, 0.6) is 0 Å². The molecule has 0 fully saturated rings. The van der Waals surface area contributed by atoms with Gasteiger partial charge in [0, 0.05) is 0 Å². The molecule has 0 unspecified atom stereocenters. The summed E-state index contributed by atoms with van der Waals surface area (Å²) in [5, 5.41) is 2.98. The number of aryl methyl sites for hydroxylation is 1. The van der Waals surface area contributed by atoms with Gasteiger partial charge in [-0.3, -0.25) is 0 Å². The van der Waals surface area contributed by atoms with Crippen LogP contribution in [-0.2, 0) is 0 Å². The standard InChI is InChI=1S/C16H12SeTe/c1-10-6-13-7-12-8-14(11-4-2-3-5-11)17-15(12)9-16(13)18-10/h2-4,6-9H,5H2,1H3. The summed E-state index contributed by atoms with van der Waals surface area (Å²) in [5.74, 6) is 0. The van der Waals surface area contributed by atoms with E-state index < -0.39 is 0 Å². The van der Waals surface area contributed by atoms with Gasteiger partial charge in [0.05, 0.1) is 0 Å². The summed E-state index contributed by atoms with van der Waals surface area (Å²) in [6, 6.07) is 9.75. The second-order valence-electron chi connectivity index (χ2n) is 4.72. The number of fused-ring (bicyclic) bond motifs is 2. The first-order valence-corrected chi connectivity index (χ1v) is 10.1. The van der Waals surface area contributed by atoms with Crippen LogP contribution in [0.1, 0.15) is 14.4 Å². The van der Waals surface area contributed by atoms with E-state index in [-0.39, 0.29) is 20.4 Å². The van der Waals surface area contributed by atoms with Gasteiger partial charge in [-0.1, -0.05) is 0 Å². The van der Waals surface area contributed by atoms with Gasteiger partial charge in [-0.05, 0) is 0 Å². The van der Waals surface area contributed by atoms with Crippen LogP contribution in [0.4, 0.5) is 0 Å². The average molecular weight is 411 g/mol. The first-order chi connectivity index (χ1) is 8.79. The molecule has 2 aromatic heterocycles. The Balaban J connectivity index is 1.94. The maximum absolute atomic E-state index is 2.51. The molecule has 1 aromatic carbocycles. The van der Waals surface area contributed by atoms with Crippen LogP contribution >= 0.6 is 0 Å². The molecule has 0 aliphatic heterocycles. The first-order valence-electron chi connectivity index (χ1n) is 6.09. The van der Waals surface area contributed by atoms with Gasteiger partial charge < -0.3 is 0 Å². The topological polar surface area (TPSA) is 0 Å². The minimum absolute atomic E-state index is 0.0352. The molecule has 0 saturated heterocycles. The Kier molecular flexibility index (Phi) is 2.68. The summed E-state index contributed by atoms with van der Waals surface area (Å²) >= 11 is 0.498. The molecule has 0 N–H and O–H groups in total. The second-order valence-corrected chi connectivity index (χ2v) is 10.7. The second kappa shape index (κ2) is 4.26. The van der Waals surface area contributed by atoms with E-state index in [0.717, 1.165) is 6.42 Å². The third kappa shape index (κ3) is 1.80. The fourth-order valence-electron chi connectivity index (χ4n) is 2.50. The minimum atomic E-state index is -0.0352. The van der Waals surface area contributed by atoms with E-state index in [2.05, 4.69) is 49.4 Å². The van der Waals surface area contributed by atoms with Crippen molar-refractivity contribution in [2.45, 2.75) is 13.3 Å². The summed E-state index contributed by atoms with van der Waals surface area (Å²) in [7, 11) is 0. The molecule has 2 heteroatoms. The third-order valence-corrected chi connectivity index (χ3v) is 8.72. The molecule has 88 valence electrons. The van der Waals surface area contributed by atoms with Crippen LogP contribution in [0, 0.1) is 6.92 Å². The van der Waals surface area contributed by atoms with E-state index >= 15 is 0 Å². The molecule has 0 spiro atoms. The van der Waals surface area contributed by atoms with Gasteiger partial charge in [0.15, 0.2) is 0 Å². The van der Waals surface area contributed by atoms with Crippen molar-refractivity contribution in [1.82, 2.24) is 0 Å². The molecule has 1 aliphatic carbocycles. The zero-order chi connectivity index (χ0) is 12.1. The molecule has 0 radical (unpaired) electrons. The first kappa shape index (κ1) is 11.3. The van der Waals surface area contributed by atoms with Crippen LogP contribution in [0.3, 0.4) is 0 Å². The van der Waals surface area contributed by atoms with Gasteiger partial charge in [-0.15, -0.1) is 0 Å². The number of benzene rings is 1. The van der Waals surface area contributed by atoms with Crippen LogP contribution < -0.4 is 0 Å². The Morgan fingerprint density at radius 3 is 2.89 bits per heavy atom. The molecule has 1 aliphatic rings. The number of rotatable bonds is 1. The van der Waals surface area contributed by atoms with Crippen LogP contribution in [0.25, 0.3) is 24.0 Å². The van der Waals surface area contributed by atoms with Crippen molar-refractivity contribution in [2.75, 3.05) is 0 Å². The molecule has 2 heterocycles. The van der Waals surface area contributed by atoms with Crippen molar-refractivity contribution in [2.24, 2.45) is 0 Å². The molecule has 0 atom stereocenters. The van der Waals surface area contributed by atoms with Crippen molar-refractivity contribution < 1.29 is 0 Å². The van der Waals surface area contributed by atoms with E-state index in [1.165, 1.54) is 16.3 Å². The predicted octanol–water partition coefficient (Wildman–Crippen LogP) is 3.76. The van der Waals surface area contributed by atoms with Crippen molar-refractivity contribution in [3.8, 4) is 0 Å². The molecule has 0 nitrogen and oxygen atoms in total. The summed E-state index contributed by atoms with van der Waals surface area (Å²) in [5.41, 5.74) is 1.54. The van der Waals surface area contributed by atoms with E-state index in [4.69, 9.17) is 0 Å². The van der Waals surface area contributed by atoms with Crippen molar-refractivity contribution in [1.29, 1.82) is 0 Å². The average Bonchev–Trinajstić information content (AvgIpc) is 3.02. The fourth-order valence-corrected chi connectivity index (χ4v) is 8.06. The van der Waals surface area contributed by atoms with E-state index in [9.17, 15) is 0 Å². The predicted molar refractivity (Wildman–Crippen MR) is 81.8 cm³/mol. The van der Waals surface area contributed by atoms with Gasteiger partial charge in [-0.25, -0.2) is 0 Å². The summed E-state index contributed by atoms with van der Waals surface area (Å²) in [4.78, 5) is 0. The molecular weight excluding hydrogens is 399 g/mol. The monoisotopic (exact) mass is 414 g/mol. The molecule has 18 heavy (non-hydrogen) atoms. The van der Waals surface area contributed by atoms with Gasteiger partial charge in [0.1, 0.15) is 0 Å². The Bertz CT molecular complexity index is 763. The summed E-state index contributed by atoms with van der Waals surface area (Å²) in [6.45, 7) is 2.29. The number of hydrogen-bond donors (Lipinski definition) is 0. The Labute approximate surface area is 122 Å². The number of hydrogen-bond acceptors (Lipinski definition) is 0. The zero-order valence-corrected chi connectivity index (χ0v) is 14.1. The molecule has 3 aromatic rings. The summed E-state index contributed by atoms with van der Waals surface area (Å²) < 4.78 is 6.48. The quantitative estimate of drug-likeness (QED) is 0.536. The van der Waals surface area contributed by atoms with Crippen molar-refractivity contribution >= 4 is 58.9 Å². The molecule has 0 saturated carbocycles. The normalized spacial score (nSPS) is 14.8. The van der Waals surface area contributed by atoms with E-state index in [1.807, 2.05) is 0 Å². The third-order valence-electron chi connectivity index (χ3n) is 3.37. The van der Waals surface area contributed by atoms with Crippen LogP contribution in [0.15, 0.2) is 42.5 Å². The van der Waals surface area contributed by atoms with Gasteiger partial charge in [0.25, 0.3) is 0 Å². The van der Waals surface area contributed by atoms with Crippen molar-refractivity contribution in [3.05, 3.63) is 50.5 Å². The van der Waals surface area contributed by atoms with Gasteiger partial charge in [-0.2, -0.15) is 0 Å². The van der Waals surface area contributed by atoms with Crippen LogP contribution in [-0.4, -0.2) is 34.9 Å². The molecular formula is C16H12SeTe. The SMILES string of the molecule is Cc1cc2cc3cc(C4=CC=CC4)[se]c3cc2[te]1. The Hall–Kier alpha value is -0.511. The molecule has 0 amide bonds. The van der Waals surface area contributed by atoms with E-state index in [1.54, 1.807) is 15.7 Å². The fraction of sp³-hybridized carbons (Fsp3) is 0.125. The molecule has 0 bridgehead atoms. The Morgan fingerprint density at radius 2 is 2.06 bits per heavy atom.